The predicted molar refractivity (Wildman–Crippen MR) is 151 cm³/mol. The number of hydrogen-bond acceptors (Lipinski definition) is 9. The van der Waals surface area contributed by atoms with Gasteiger partial charge in [-0.25, -0.2) is 15.0 Å². The average Bonchev–Trinajstić information content (AvgIpc) is 3.46. The van der Waals surface area contributed by atoms with Gasteiger partial charge >= 0.3 is 6.18 Å². The molecular formula is C30H33F3N6O4. The molecule has 3 aliphatic rings. The van der Waals surface area contributed by atoms with Crippen LogP contribution in [0.25, 0.3) is 11.3 Å². The van der Waals surface area contributed by atoms with Gasteiger partial charge in [0.05, 0.1) is 30.7 Å². The number of nitrogens with zero attached hydrogens (tertiary/aromatic N) is 4. The lowest BCUT2D eigenvalue weighted by atomic mass is 9.61. The summed E-state index contributed by atoms with van der Waals surface area (Å²) in [5.41, 5.74) is 0.314. The maximum absolute atomic E-state index is 13.7. The highest BCUT2D eigenvalue weighted by molar-refractivity contribution is 5.96. The topological polar surface area (TPSA) is 111 Å². The van der Waals surface area contributed by atoms with E-state index >= 15 is 0 Å². The van der Waals surface area contributed by atoms with Crippen LogP contribution in [0.2, 0.25) is 0 Å². The number of rotatable bonds is 9. The summed E-state index contributed by atoms with van der Waals surface area (Å²) >= 11 is 0. The Morgan fingerprint density at radius 1 is 1.16 bits per heavy atom. The van der Waals surface area contributed by atoms with Gasteiger partial charge in [-0.05, 0) is 63.1 Å². The Morgan fingerprint density at radius 2 is 1.98 bits per heavy atom. The Hall–Kier alpha value is -4.13. The third-order valence-electron chi connectivity index (χ3n) is 8.13. The highest BCUT2D eigenvalue weighted by atomic mass is 19.4. The molecule has 1 amide bonds. The van der Waals surface area contributed by atoms with Gasteiger partial charge in [0.15, 0.2) is 17.1 Å². The van der Waals surface area contributed by atoms with Crippen molar-refractivity contribution in [1.29, 1.82) is 0 Å². The van der Waals surface area contributed by atoms with E-state index in [9.17, 15) is 18.0 Å². The normalized spacial score (nSPS) is 19.5. The van der Waals surface area contributed by atoms with E-state index in [1.165, 1.54) is 19.2 Å². The largest absolute Gasteiger partial charge is 0.488 e. The first-order chi connectivity index (χ1) is 20.7. The summed E-state index contributed by atoms with van der Waals surface area (Å²) in [7, 11) is 1.29. The SMILES string of the molecule is CCOc1ncccc1-c1ccc(OC2CC3(C2)CN(c2ccc(OC)nc2C(F)(F)F)C3)c(C(=O)N[C@@H]2CCNC2)n1. The highest BCUT2D eigenvalue weighted by Gasteiger charge is 2.55. The average molecular weight is 599 g/mol. The van der Waals surface area contributed by atoms with Crippen molar-refractivity contribution in [3.63, 3.8) is 0 Å². The van der Waals surface area contributed by atoms with Gasteiger partial charge in [0.1, 0.15) is 6.10 Å². The Bertz CT molecular complexity index is 1480. The first-order valence-corrected chi connectivity index (χ1v) is 14.3. The Kier molecular flexibility index (Phi) is 7.75. The molecule has 0 bridgehead atoms. The second-order valence-electron chi connectivity index (χ2n) is 11.2. The number of pyridine rings is 3. The van der Waals surface area contributed by atoms with Crippen LogP contribution in [0.5, 0.6) is 17.5 Å². The monoisotopic (exact) mass is 598 g/mol. The summed E-state index contributed by atoms with van der Waals surface area (Å²) in [6, 6.07) is 9.97. The van der Waals surface area contributed by atoms with Gasteiger partial charge < -0.3 is 29.7 Å². The molecule has 6 rings (SSSR count). The Labute approximate surface area is 247 Å². The number of amides is 1. The molecule has 1 saturated carbocycles. The van der Waals surface area contributed by atoms with Crippen LogP contribution in [0, 0.1) is 5.41 Å². The second kappa shape index (κ2) is 11.5. The van der Waals surface area contributed by atoms with E-state index < -0.39 is 11.9 Å². The molecule has 1 atom stereocenters. The molecule has 2 N–H and O–H groups in total. The number of hydrogen-bond donors (Lipinski definition) is 2. The van der Waals surface area contributed by atoms with Crippen LogP contribution in [0.1, 0.15) is 42.4 Å². The molecule has 10 nitrogen and oxygen atoms in total. The molecule has 3 aromatic rings. The molecule has 0 radical (unpaired) electrons. The molecule has 1 aliphatic carbocycles. The summed E-state index contributed by atoms with van der Waals surface area (Å²) < 4.78 is 57.9. The lowest BCUT2D eigenvalue weighted by Gasteiger charge is -2.59. The summed E-state index contributed by atoms with van der Waals surface area (Å²) in [5.74, 6) is 0.380. The van der Waals surface area contributed by atoms with Gasteiger partial charge in [0.25, 0.3) is 5.91 Å². The minimum Gasteiger partial charge on any atom is -0.488 e. The lowest BCUT2D eigenvalue weighted by Crippen LogP contribution is -2.65. The van der Waals surface area contributed by atoms with E-state index in [0.717, 1.165) is 13.0 Å². The van der Waals surface area contributed by atoms with Crippen LogP contribution in [-0.4, -0.2) is 72.9 Å². The summed E-state index contributed by atoms with van der Waals surface area (Å²) in [4.78, 5) is 27.8. The molecule has 0 aromatic carbocycles. The predicted octanol–water partition coefficient (Wildman–Crippen LogP) is 4.10. The first-order valence-electron chi connectivity index (χ1n) is 14.3. The molecule has 43 heavy (non-hydrogen) atoms. The van der Waals surface area contributed by atoms with Gasteiger partial charge in [0, 0.05) is 43.4 Å². The number of anilines is 1. The number of methoxy groups -OCH3 is 1. The molecule has 2 aliphatic heterocycles. The van der Waals surface area contributed by atoms with Crippen molar-refractivity contribution in [2.45, 2.75) is 44.5 Å². The smallest absolute Gasteiger partial charge is 0.435 e. The van der Waals surface area contributed by atoms with Crippen molar-refractivity contribution in [2.24, 2.45) is 5.41 Å². The molecule has 2 saturated heterocycles. The molecule has 0 unspecified atom stereocenters. The van der Waals surface area contributed by atoms with Crippen molar-refractivity contribution in [3.05, 3.63) is 54.0 Å². The fraction of sp³-hybridized carbons (Fsp3) is 0.467. The minimum atomic E-state index is -4.60. The molecule has 1 spiro atoms. The molecule has 3 fully saturated rings. The minimum absolute atomic E-state index is 0.00912. The zero-order valence-electron chi connectivity index (χ0n) is 23.9. The zero-order valence-corrected chi connectivity index (χ0v) is 23.9. The van der Waals surface area contributed by atoms with Crippen LogP contribution in [0.4, 0.5) is 18.9 Å². The Morgan fingerprint density at radius 3 is 2.67 bits per heavy atom. The van der Waals surface area contributed by atoms with E-state index in [1.54, 1.807) is 29.3 Å². The van der Waals surface area contributed by atoms with E-state index in [1.807, 2.05) is 13.0 Å². The molecular weight excluding hydrogens is 565 g/mol. The summed E-state index contributed by atoms with van der Waals surface area (Å²) in [6.45, 7) is 4.73. The summed E-state index contributed by atoms with van der Waals surface area (Å²) in [5, 5.41) is 6.29. The van der Waals surface area contributed by atoms with Gasteiger partial charge in [-0.3, -0.25) is 4.79 Å². The second-order valence-corrected chi connectivity index (χ2v) is 11.2. The van der Waals surface area contributed by atoms with Gasteiger partial charge in [0.2, 0.25) is 11.8 Å². The van der Waals surface area contributed by atoms with Gasteiger partial charge in [-0.1, -0.05) is 0 Å². The molecule has 5 heterocycles. The first kappa shape index (κ1) is 29.0. The summed E-state index contributed by atoms with van der Waals surface area (Å²) in [6.07, 6.45) is -1.03. The van der Waals surface area contributed by atoms with Crippen molar-refractivity contribution in [3.8, 4) is 28.8 Å². The van der Waals surface area contributed by atoms with Crippen molar-refractivity contribution < 1.29 is 32.2 Å². The van der Waals surface area contributed by atoms with Gasteiger partial charge in [-0.15, -0.1) is 0 Å². The number of halogens is 3. The van der Waals surface area contributed by atoms with Crippen LogP contribution < -0.4 is 29.7 Å². The standard InChI is InChI=1S/C30H33F3N6O4/c1-3-42-28-20(5-4-11-35-28)21-6-8-23(25(37-21)27(40)36-18-10-12-34-15-18)43-19-13-29(14-19)16-39(17-29)22-7-9-24(41-2)38-26(22)30(31,32)33/h4-9,11,18-19,34H,3,10,12-17H2,1-2H3,(H,36,40)/t18-/m1/s1. The van der Waals surface area contributed by atoms with Crippen LogP contribution in [-0.2, 0) is 6.18 Å². The van der Waals surface area contributed by atoms with Crippen molar-refractivity contribution >= 4 is 11.6 Å². The number of carbonyl (C=O) groups is 1. The number of nitrogens with one attached hydrogen (secondary N) is 2. The van der Waals surface area contributed by atoms with Crippen LogP contribution in [0.15, 0.2) is 42.6 Å². The van der Waals surface area contributed by atoms with Crippen molar-refractivity contribution in [1.82, 2.24) is 25.6 Å². The van der Waals surface area contributed by atoms with E-state index in [0.29, 0.717) is 62.0 Å². The van der Waals surface area contributed by atoms with Gasteiger partial charge in [-0.2, -0.15) is 13.2 Å². The fourth-order valence-electron chi connectivity index (χ4n) is 6.10. The fourth-order valence-corrected chi connectivity index (χ4v) is 6.10. The molecule has 228 valence electrons. The van der Waals surface area contributed by atoms with Crippen LogP contribution in [0.3, 0.4) is 0 Å². The number of ether oxygens (including phenoxy) is 3. The maximum Gasteiger partial charge on any atom is 0.435 e. The lowest BCUT2D eigenvalue weighted by molar-refractivity contribution is -0.141. The van der Waals surface area contributed by atoms with Crippen LogP contribution >= 0.6 is 0 Å². The van der Waals surface area contributed by atoms with E-state index in [-0.39, 0.29) is 40.7 Å². The highest BCUT2D eigenvalue weighted by Crippen LogP contribution is 2.52. The number of carbonyl (C=O) groups excluding carboxylic acids is 1. The Balaban J connectivity index is 1.17. The van der Waals surface area contributed by atoms with E-state index in [2.05, 4.69) is 20.6 Å². The number of alkyl halides is 3. The number of aromatic nitrogens is 3. The third kappa shape index (κ3) is 5.90. The van der Waals surface area contributed by atoms with Crippen molar-refractivity contribution in [2.75, 3.05) is 44.8 Å². The quantitative estimate of drug-likeness (QED) is 0.376. The molecule has 3 aromatic heterocycles. The third-order valence-corrected chi connectivity index (χ3v) is 8.13. The zero-order chi connectivity index (χ0) is 30.2. The maximum atomic E-state index is 13.7. The van der Waals surface area contributed by atoms with E-state index in [4.69, 9.17) is 19.2 Å². The molecule has 13 heteroatoms.